The predicted octanol–water partition coefficient (Wildman–Crippen LogP) is 2.87. The van der Waals surface area contributed by atoms with Gasteiger partial charge in [-0.15, -0.1) is 0 Å². The molecule has 0 saturated heterocycles. The third kappa shape index (κ3) is 13.9. The minimum Gasteiger partial charge on any atom is -0.481 e. The number of hydrogen-bond acceptors (Lipinski definition) is 4. The van der Waals surface area contributed by atoms with Gasteiger partial charge >= 0.3 is 5.97 Å². The highest BCUT2D eigenvalue weighted by atomic mass is 16.4. The van der Waals surface area contributed by atoms with E-state index in [2.05, 4.69) is 13.8 Å². The van der Waals surface area contributed by atoms with Crippen molar-refractivity contribution in [2.75, 3.05) is 32.8 Å². The van der Waals surface area contributed by atoms with E-state index in [0.717, 1.165) is 38.5 Å². The fourth-order valence-electron chi connectivity index (χ4n) is 3.40. The van der Waals surface area contributed by atoms with Crippen LogP contribution >= 0.6 is 0 Å². The van der Waals surface area contributed by atoms with Crippen LogP contribution in [0.1, 0.15) is 65.2 Å². The Morgan fingerprint density at radius 3 is 1.79 bits per heavy atom. The molecule has 6 nitrogen and oxygen atoms in total. The second-order valence-corrected chi connectivity index (χ2v) is 7.65. The molecule has 0 saturated carbocycles. The third-order valence-corrected chi connectivity index (χ3v) is 4.91. The van der Waals surface area contributed by atoms with Crippen molar-refractivity contribution in [3.8, 4) is 0 Å². The lowest BCUT2D eigenvalue weighted by atomic mass is 10.1. The van der Waals surface area contributed by atoms with Crippen LogP contribution in [0.5, 0.6) is 0 Å². The zero-order valence-electron chi connectivity index (χ0n) is 17.8. The van der Waals surface area contributed by atoms with E-state index in [1.807, 2.05) is 12.2 Å². The van der Waals surface area contributed by atoms with Gasteiger partial charge in [-0.05, 0) is 12.8 Å². The number of carboxylic acid groups (broad SMARTS) is 1. The number of aliphatic hydroxyl groups excluding tert-OH is 3. The highest BCUT2D eigenvalue weighted by Crippen LogP contribution is 2.15. The van der Waals surface area contributed by atoms with Gasteiger partial charge in [-0.25, -0.2) is 0 Å². The molecule has 0 amide bonds. The SMILES string of the molecule is CCCC/C=C/C(O)C[N+](CCO)(CCCC(=O)O)CC(O)/C=C/CCCC. The molecule has 2 unspecified atom stereocenters. The van der Waals surface area contributed by atoms with Gasteiger partial charge in [-0.2, -0.15) is 0 Å². The zero-order chi connectivity index (χ0) is 21.3. The molecule has 6 heteroatoms. The second kappa shape index (κ2) is 16.7. The molecular formula is C22H42NO5+. The van der Waals surface area contributed by atoms with Crippen molar-refractivity contribution in [2.24, 2.45) is 0 Å². The number of carbonyl (C=O) groups is 1. The topological polar surface area (TPSA) is 98.0 Å². The average molecular weight is 401 g/mol. The van der Waals surface area contributed by atoms with Gasteiger partial charge in [0.1, 0.15) is 31.8 Å². The van der Waals surface area contributed by atoms with E-state index in [1.165, 1.54) is 0 Å². The first-order valence-corrected chi connectivity index (χ1v) is 10.8. The molecule has 0 aromatic heterocycles. The molecule has 0 aliphatic carbocycles. The Hall–Kier alpha value is -1.21. The summed E-state index contributed by atoms with van der Waals surface area (Å²) >= 11 is 0. The fourth-order valence-corrected chi connectivity index (χ4v) is 3.40. The van der Waals surface area contributed by atoms with Crippen molar-refractivity contribution in [3.05, 3.63) is 24.3 Å². The molecule has 0 rings (SSSR count). The summed E-state index contributed by atoms with van der Waals surface area (Å²) in [5, 5.41) is 39.5. The Morgan fingerprint density at radius 2 is 1.39 bits per heavy atom. The summed E-state index contributed by atoms with van der Waals surface area (Å²) in [6, 6.07) is 0. The summed E-state index contributed by atoms with van der Waals surface area (Å²) in [4.78, 5) is 10.9. The van der Waals surface area contributed by atoms with Crippen LogP contribution in [0.15, 0.2) is 24.3 Å². The molecule has 4 N–H and O–H groups in total. The van der Waals surface area contributed by atoms with Crippen LogP contribution in [0.3, 0.4) is 0 Å². The number of allylic oxidation sites excluding steroid dienone is 2. The Balaban J connectivity index is 5.12. The molecule has 0 radical (unpaired) electrons. The first kappa shape index (κ1) is 26.8. The van der Waals surface area contributed by atoms with E-state index >= 15 is 0 Å². The van der Waals surface area contributed by atoms with Crippen molar-refractivity contribution < 1.29 is 29.7 Å². The molecule has 0 aromatic rings. The second-order valence-electron chi connectivity index (χ2n) is 7.65. The molecule has 164 valence electrons. The number of aliphatic carboxylic acids is 1. The van der Waals surface area contributed by atoms with Crippen molar-refractivity contribution in [1.29, 1.82) is 0 Å². The number of carboxylic acids is 1. The lowest BCUT2D eigenvalue weighted by Gasteiger charge is -2.40. The van der Waals surface area contributed by atoms with Crippen LogP contribution in [-0.2, 0) is 4.79 Å². The molecule has 0 spiro atoms. The summed E-state index contributed by atoms with van der Waals surface area (Å²) in [6.45, 7) is 5.72. The first-order chi connectivity index (χ1) is 13.4. The molecule has 0 fully saturated rings. The van der Waals surface area contributed by atoms with E-state index in [4.69, 9.17) is 5.11 Å². The van der Waals surface area contributed by atoms with Gasteiger partial charge in [0.25, 0.3) is 0 Å². The Labute approximate surface area is 170 Å². The minimum atomic E-state index is -0.859. The summed E-state index contributed by atoms with van der Waals surface area (Å²) in [7, 11) is 0. The van der Waals surface area contributed by atoms with Crippen molar-refractivity contribution in [1.82, 2.24) is 0 Å². The Bertz CT molecular complexity index is 424. The lowest BCUT2D eigenvalue weighted by Crippen LogP contribution is -2.57. The van der Waals surface area contributed by atoms with Crippen LogP contribution < -0.4 is 0 Å². The van der Waals surface area contributed by atoms with E-state index in [1.54, 1.807) is 12.2 Å². The highest BCUT2D eigenvalue weighted by molar-refractivity contribution is 5.66. The Morgan fingerprint density at radius 1 is 0.893 bits per heavy atom. The van der Waals surface area contributed by atoms with Crippen LogP contribution in [0, 0.1) is 0 Å². The maximum Gasteiger partial charge on any atom is 0.303 e. The van der Waals surface area contributed by atoms with Crippen molar-refractivity contribution in [2.45, 2.75) is 77.4 Å². The molecule has 28 heavy (non-hydrogen) atoms. The monoisotopic (exact) mass is 400 g/mol. The van der Waals surface area contributed by atoms with Gasteiger partial charge in [0, 0.05) is 6.42 Å². The molecule has 2 atom stereocenters. The molecule has 0 bridgehead atoms. The molecular weight excluding hydrogens is 358 g/mol. The number of aliphatic hydroxyl groups is 3. The predicted molar refractivity (Wildman–Crippen MR) is 113 cm³/mol. The van der Waals surface area contributed by atoms with Gasteiger partial charge < -0.3 is 24.9 Å². The minimum absolute atomic E-state index is 0.0380. The van der Waals surface area contributed by atoms with Gasteiger partial charge in [0.2, 0.25) is 0 Å². The number of hydrogen-bond donors (Lipinski definition) is 4. The van der Waals surface area contributed by atoms with Gasteiger partial charge in [0.15, 0.2) is 0 Å². The maximum atomic E-state index is 10.9. The molecule has 0 aromatic carbocycles. The highest BCUT2D eigenvalue weighted by Gasteiger charge is 2.31. The number of nitrogens with zero attached hydrogens (tertiary/aromatic N) is 1. The third-order valence-electron chi connectivity index (χ3n) is 4.91. The van der Waals surface area contributed by atoms with Crippen LogP contribution in [0.25, 0.3) is 0 Å². The zero-order valence-corrected chi connectivity index (χ0v) is 17.8. The summed E-state index contributed by atoms with van der Waals surface area (Å²) < 4.78 is 0.294. The summed E-state index contributed by atoms with van der Waals surface area (Å²) in [6.07, 6.45) is 12.7. The van der Waals surface area contributed by atoms with Crippen LogP contribution in [0.4, 0.5) is 0 Å². The van der Waals surface area contributed by atoms with Gasteiger partial charge in [-0.1, -0.05) is 63.8 Å². The smallest absolute Gasteiger partial charge is 0.303 e. The number of quaternary nitrogens is 1. The average Bonchev–Trinajstić information content (AvgIpc) is 2.62. The quantitative estimate of drug-likeness (QED) is 0.161. The molecule has 0 aliphatic rings. The maximum absolute atomic E-state index is 10.9. The largest absolute Gasteiger partial charge is 0.481 e. The Kier molecular flexibility index (Phi) is 16.0. The van der Waals surface area contributed by atoms with Crippen molar-refractivity contribution >= 4 is 5.97 Å². The van der Waals surface area contributed by atoms with Gasteiger partial charge in [0.05, 0.1) is 19.6 Å². The van der Waals surface area contributed by atoms with E-state index in [0.29, 0.717) is 37.1 Å². The van der Waals surface area contributed by atoms with Crippen LogP contribution in [-0.4, -0.2) is 75.9 Å². The normalized spacial score (nSPS) is 16.5. The summed E-state index contributed by atoms with van der Waals surface area (Å²) in [5.41, 5.74) is 0. The van der Waals surface area contributed by atoms with E-state index < -0.39 is 18.2 Å². The van der Waals surface area contributed by atoms with Crippen molar-refractivity contribution in [3.63, 3.8) is 0 Å². The van der Waals surface area contributed by atoms with E-state index in [-0.39, 0.29) is 13.0 Å². The van der Waals surface area contributed by atoms with Crippen LogP contribution in [0.2, 0.25) is 0 Å². The fraction of sp³-hybridized carbons (Fsp3) is 0.773. The summed E-state index contributed by atoms with van der Waals surface area (Å²) in [5.74, 6) is -0.859. The molecule has 0 aliphatic heterocycles. The molecule has 0 heterocycles. The number of unbranched alkanes of at least 4 members (excludes halogenated alkanes) is 4. The first-order valence-electron chi connectivity index (χ1n) is 10.8. The standard InChI is InChI=1S/C22H41NO5/c1-3-5-7-9-12-20(25)18-23(16-17-24,15-11-14-22(27)28)19-21(26)13-10-8-6-4-2/h9-10,12-13,20-21,24-26H,3-8,11,14-19H2,1-2H3/p+1/b12-9+,13-10+. The van der Waals surface area contributed by atoms with Gasteiger partial charge in [-0.3, -0.25) is 4.79 Å². The number of rotatable bonds is 18. The lowest BCUT2D eigenvalue weighted by molar-refractivity contribution is -0.932. The van der Waals surface area contributed by atoms with E-state index in [9.17, 15) is 20.1 Å².